The molecule has 89 heavy (non-hydrogen) atoms. The molecule has 0 aliphatic heterocycles. The quantitative estimate of drug-likeness (QED) is 0.0477. The van der Waals surface area contributed by atoms with Crippen LogP contribution >= 0.6 is 0 Å². The number of rotatable bonds is 39. The molecule has 0 radical (unpaired) electrons. The van der Waals surface area contributed by atoms with Crippen molar-refractivity contribution in [2.45, 2.75) is 248 Å². The van der Waals surface area contributed by atoms with Gasteiger partial charge in [-0.3, -0.25) is 52.7 Å². The van der Waals surface area contributed by atoms with E-state index in [-0.39, 0.29) is 73.5 Å². The maximum absolute atomic E-state index is 14.8. The molecule has 24 heteroatoms. The molecule has 0 saturated heterocycles. The van der Waals surface area contributed by atoms with Crippen molar-refractivity contribution in [1.82, 2.24) is 55.6 Å². The molecule has 0 fully saturated rings. The molecule has 11 amide bonds. The van der Waals surface area contributed by atoms with E-state index in [1.807, 2.05) is 62.3 Å². The molecule has 11 atom stereocenters. The van der Waals surface area contributed by atoms with Crippen LogP contribution in [0.25, 0.3) is 0 Å². The van der Waals surface area contributed by atoms with Crippen LogP contribution < -0.4 is 21.3 Å². The van der Waals surface area contributed by atoms with E-state index >= 15 is 0 Å². The first-order chi connectivity index (χ1) is 41.1. The average molecular weight is 1260 g/mol. The molecule has 0 aliphatic carbocycles. The lowest BCUT2D eigenvalue weighted by atomic mass is 9.94. The Kier molecular flexibility index (Phi) is 36.8. The molecule has 0 aliphatic rings. The number of carbonyl (C=O) groups is 11. The molecule has 0 aromatic heterocycles. The molecule has 0 heterocycles. The molecule has 0 aromatic carbocycles. The number of hydrogen-bond donors (Lipinski definition) is 6. The average Bonchev–Trinajstić information content (AvgIpc) is 1.12. The predicted molar refractivity (Wildman–Crippen MR) is 346 cm³/mol. The van der Waals surface area contributed by atoms with Crippen LogP contribution in [-0.4, -0.2) is 239 Å². The van der Waals surface area contributed by atoms with E-state index in [2.05, 4.69) is 21.3 Å². The van der Waals surface area contributed by atoms with Crippen LogP contribution in [0, 0.1) is 41.4 Å². The lowest BCUT2D eigenvalue weighted by molar-refractivity contribution is -0.154. The van der Waals surface area contributed by atoms with Gasteiger partial charge in [0.05, 0.1) is 12.7 Å². The SMILES string of the molecule is CCCCC[C@H](NC(=O)[C@H](CC(C)C)N(C)C(=O)[C@@H](NC(=O)[C@H](CC(C)C)N(C)C(=O)[C@@H](CO)N(C)C(=O)[C@H](CC)NC(=O)[C@H]([C@H](O)C(C)C)N(C)C(=O)[C@H](C(C)C)N(C)C(=O)CCC(C)C)C(C)C)C(=O)N[C@H](C)C(=O)N(C)[C@@H](CC(C)C)C(=O)N(C)C. The molecule has 0 aromatic rings. The van der Waals surface area contributed by atoms with Gasteiger partial charge in [0.1, 0.15) is 60.4 Å². The zero-order valence-electron chi connectivity index (χ0n) is 59.2. The van der Waals surface area contributed by atoms with Gasteiger partial charge in [-0.2, -0.15) is 0 Å². The monoisotopic (exact) mass is 1260 g/mol. The summed E-state index contributed by atoms with van der Waals surface area (Å²) in [5, 5.41) is 33.5. The van der Waals surface area contributed by atoms with Gasteiger partial charge in [0.15, 0.2) is 0 Å². The van der Waals surface area contributed by atoms with E-state index in [4.69, 9.17) is 0 Å². The zero-order valence-corrected chi connectivity index (χ0v) is 59.2. The van der Waals surface area contributed by atoms with Gasteiger partial charge in [-0.1, -0.05) is 130 Å². The summed E-state index contributed by atoms with van der Waals surface area (Å²) in [5.74, 6) is -8.22. The Morgan fingerprint density at radius 2 is 0.854 bits per heavy atom. The molecular formula is C65H121N11O13. The molecule has 514 valence electrons. The Morgan fingerprint density at radius 3 is 1.28 bits per heavy atom. The molecule has 24 nitrogen and oxygen atoms in total. The van der Waals surface area contributed by atoms with E-state index in [1.165, 1.54) is 68.8 Å². The van der Waals surface area contributed by atoms with Gasteiger partial charge in [0.2, 0.25) is 65.0 Å². The first-order valence-electron chi connectivity index (χ1n) is 32.4. The number of nitrogens with zero attached hydrogens (tertiary/aromatic N) is 7. The van der Waals surface area contributed by atoms with Crippen LogP contribution in [0.4, 0.5) is 0 Å². The second-order valence-corrected chi connectivity index (χ2v) is 27.4. The molecule has 0 rings (SSSR count). The summed E-state index contributed by atoms with van der Waals surface area (Å²) < 4.78 is 0. The van der Waals surface area contributed by atoms with Crippen molar-refractivity contribution >= 4 is 65.0 Å². The number of amides is 11. The molecule has 0 bridgehead atoms. The Morgan fingerprint density at radius 1 is 0.393 bits per heavy atom. The van der Waals surface area contributed by atoms with Gasteiger partial charge in [0.25, 0.3) is 0 Å². The second-order valence-electron chi connectivity index (χ2n) is 27.4. The number of unbranched alkanes of at least 4 members (excludes halogenated alkanes) is 2. The van der Waals surface area contributed by atoms with Crippen LogP contribution in [0.2, 0.25) is 0 Å². The molecule has 0 spiro atoms. The summed E-state index contributed by atoms with van der Waals surface area (Å²) in [6.07, 6.45) is 2.35. The van der Waals surface area contributed by atoms with Gasteiger partial charge in [-0.15, -0.1) is 0 Å². The van der Waals surface area contributed by atoms with Crippen molar-refractivity contribution in [3.05, 3.63) is 0 Å². The third-order valence-corrected chi connectivity index (χ3v) is 16.5. The van der Waals surface area contributed by atoms with Crippen LogP contribution in [0.3, 0.4) is 0 Å². The van der Waals surface area contributed by atoms with E-state index in [9.17, 15) is 63.0 Å². The first kappa shape index (κ1) is 83.1. The van der Waals surface area contributed by atoms with E-state index in [1.54, 1.807) is 62.6 Å². The minimum Gasteiger partial charge on any atom is -0.394 e. The lowest BCUT2D eigenvalue weighted by Crippen LogP contribution is -2.63. The van der Waals surface area contributed by atoms with Crippen LogP contribution in [-0.2, 0) is 52.7 Å². The summed E-state index contributed by atoms with van der Waals surface area (Å²) in [5.41, 5.74) is 0. The Bertz CT molecular complexity index is 2310. The third-order valence-electron chi connectivity index (χ3n) is 16.5. The number of hydrogen-bond acceptors (Lipinski definition) is 13. The largest absolute Gasteiger partial charge is 0.394 e. The third kappa shape index (κ3) is 25.4. The highest BCUT2D eigenvalue weighted by Gasteiger charge is 2.44. The maximum Gasteiger partial charge on any atom is 0.248 e. The van der Waals surface area contributed by atoms with Crippen LogP contribution in [0.5, 0.6) is 0 Å². The molecule has 0 unspecified atom stereocenters. The van der Waals surface area contributed by atoms with Crippen molar-refractivity contribution in [3.8, 4) is 0 Å². The van der Waals surface area contributed by atoms with Gasteiger partial charge in [-0.05, 0) is 86.9 Å². The van der Waals surface area contributed by atoms with E-state index in [0.29, 0.717) is 19.3 Å². The minimum atomic E-state index is -1.58. The zero-order chi connectivity index (χ0) is 69.4. The highest BCUT2D eigenvalue weighted by Crippen LogP contribution is 2.23. The number of aliphatic hydroxyl groups is 2. The second kappa shape index (κ2) is 39.4. The maximum atomic E-state index is 14.8. The van der Waals surface area contributed by atoms with Gasteiger partial charge in [-0.25, -0.2) is 0 Å². The summed E-state index contributed by atoms with van der Waals surface area (Å²) in [6.45, 7) is 29.8. The standard InChI is InChI=1S/C65H121N11O13/c1-26-28-29-30-46(56(80)66-44(17)60(84)73(22)49(35-40(9)10)62(86)70(18)19)68-57(81)47(33-38(5)6)72(21)64(88)52(41(11)12)69-58(82)48(34-39(7)8)71(20)63(87)50(36-77)74(23)61(85)45(27-2)67-59(83)54(55(79)43(15)16)76(25)65(89)53(42(13)14)75(24)51(78)32-31-37(3)4/h37-50,52-55,77,79H,26-36H2,1-25H3,(H,66,80)(H,67,83)(H,68,81)(H,69,82)/t44-,45+,46+,47+,48+,49+,50-,52+,53+,54+,55-/m1/s1. The summed E-state index contributed by atoms with van der Waals surface area (Å²) in [6, 6.07) is -12.0. The van der Waals surface area contributed by atoms with E-state index < -0.39 is 138 Å². The lowest BCUT2D eigenvalue weighted by Gasteiger charge is -2.39. The highest BCUT2D eigenvalue weighted by atomic mass is 16.3. The number of likely N-dealkylation sites (N-methyl/N-ethyl adjacent to an activating group) is 7. The summed E-state index contributed by atoms with van der Waals surface area (Å²) in [7, 11) is 11.7. The molecule has 0 saturated carbocycles. The van der Waals surface area contributed by atoms with Gasteiger partial charge >= 0.3 is 0 Å². The smallest absolute Gasteiger partial charge is 0.248 e. The van der Waals surface area contributed by atoms with Crippen molar-refractivity contribution in [2.24, 2.45) is 41.4 Å². The summed E-state index contributed by atoms with van der Waals surface area (Å²) >= 11 is 0. The Labute approximate surface area is 534 Å². The normalized spacial score (nSPS) is 15.4. The van der Waals surface area contributed by atoms with Crippen molar-refractivity contribution in [2.75, 3.05) is 63.0 Å². The van der Waals surface area contributed by atoms with Gasteiger partial charge < -0.3 is 65.8 Å². The predicted octanol–water partition coefficient (Wildman–Crippen LogP) is 3.88. The first-order valence-corrected chi connectivity index (χ1v) is 32.4. The van der Waals surface area contributed by atoms with Crippen LogP contribution in [0.15, 0.2) is 0 Å². The van der Waals surface area contributed by atoms with Crippen molar-refractivity contribution < 1.29 is 63.0 Å². The Balaban J connectivity index is 6.97. The number of nitrogens with one attached hydrogen (secondary N) is 4. The van der Waals surface area contributed by atoms with Gasteiger partial charge in [0, 0.05) is 62.8 Å². The number of aliphatic hydroxyl groups excluding tert-OH is 2. The Hall–Kier alpha value is -5.91. The fourth-order valence-corrected chi connectivity index (χ4v) is 10.7. The fraction of sp³-hybridized carbons (Fsp3) is 0.831. The topological polar surface area (TPSA) is 299 Å². The summed E-state index contributed by atoms with van der Waals surface area (Å²) in [4.78, 5) is 165. The van der Waals surface area contributed by atoms with Crippen molar-refractivity contribution in [3.63, 3.8) is 0 Å². The molecule has 6 N–H and O–H groups in total. The van der Waals surface area contributed by atoms with E-state index in [0.717, 1.165) is 27.5 Å². The minimum absolute atomic E-state index is 0.0198. The van der Waals surface area contributed by atoms with Crippen LogP contribution in [0.1, 0.15) is 182 Å². The fourth-order valence-electron chi connectivity index (χ4n) is 10.7. The van der Waals surface area contributed by atoms with Crippen molar-refractivity contribution in [1.29, 1.82) is 0 Å². The highest BCUT2D eigenvalue weighted by molar-refractivity contribution is 5.99. The number of carbonyl (C=O) groups excluding carboxylic acids is 11. The molecular weight excluding hydrogens is 1140 g/mol.